The maximum Gasteiger partial charge on any atom is 0.193 e. The highest BCUT2D eigenvalue weighted by molar-refractivity contribution is 8.00. The van der Waals surface area contributed by atoms with Gasteiger partial charge in [-0.3, -0.25) is 4.99 Å². The number of thioether (sulfide) groups is 1. The second kappa shape index (κ2) is 9.27. The number of rotatable bonds is 7. The fraction of sp³-hybridized carbons (Fsp3) is 0.714. The van der Waals surface area contributed by atoms with Crippen LogP contribution >= 0.6 is 23.1 Å². The Morgan fingerprint density at radius 2 is 2.57 bits per heavy atom. The minimum absolute atomic E-state index is 0.633. The van der Waals surface area contributed by atoms with Gasteiger partial charge >= 0.3 is 0 Å². The van der Waals surface area contributed by atoms with E-state index in [0.717, 1.165) is 48.7 Å². The number of ether oxygens (including phenoxy) is 1. The summed E-state index contributed by atoms with van der Waals surface area (Å²) in [5.74, 6) is 2.74. The molecule has 0 bridgehead atoms. The summed E-state index contributed by atoms with van der Waals surface area (Å²) in [6, 6.07) is 0. The Labute approximate surface area is 135 Å². The second-order valence-corrected chi connectivity index (χ2v) is 7.27. The fourth-order valence-corrected chi connectivity index (χ4v) is 4.09. The normalized spacial score (nSPS) is 19.2. The number of thiazole rings is 1. The van der Waals surface area contributed by atoms with Crippen LogP contribution in [0.5, 0.6) is 0 Å². The van der Waals surface area contributed by atoms with Crippen LogP contribution in [-0.4, -0.2) is 62.0 Å². The molecule has 0 radical (unpaired) electrons. The van der Waals surface area contributed by atoms with Crippen LogP contribution in [0.1, 0.15) is 12.8 Å². The first kappa shape index (κ1) is 16.6. The van der Waals surface area contributed by atoms with E-state index in [-0.39, 0.29) is 0 Å². The van der Waals surface area contributed by atoms with Gasteiger partial charge in [0.25, 0.3) is 0 Å². The maximum absolute atomic E-state index is 5.24. The van der Waals surface area contributed by atoms with Crippen molar-refractivity contribution in [1.29, 1.82) is 0 Å². The van der Waals surface area contributed by atoms with E-state index in [9.17, 15) is 0 Å². The lowest BCUT2D eigenvalue weighted by Crippen LogP contribution is -2.40. The molecule has 2 rings (SSSR count). The van der Waals surface area contributed by atoms with Crippen molar-refractivity contribution in [2.75, 3.05) is 46.2 Å². The van der Waals surface area contributed by atoms with Gasteiger partial charge in [-0.25, -0.2) is 4.98 Å². The molecule has 7 heteroatoms. The molecule has 1 aromatic rings. The summed E-state index contributed by atoms with van der Waals surface area (Å²) in [5.41, 5.74) is 0. The zero-order valence-electron chi connectivity index (χ0n) is 12.7. The van der Waals surface area contributed by atoms with Gasteiger partial charge in [-0.15, -0.1) is 11.3 Å². The van der Waals surface area contributed by atoms with E-state index in [1.165, 1.54) is 6.42 Å². The van der Waals surface area contributed by atoms with E-state index in [2.05, 4.69) is 20.2 Å². The zero-order valence-corrected chi connectivity index (χ0v) is 14.4. The highest BCUT2D eigenvalue weighted by Crippen LogP contribution is 2.20. The van der Waals surface area contributed by atoms with E-state index in [4.69, 9.17) is 4.74 Å². The van der Waals surface area contributed by atoms with E-state index in [1.54, 1.807) is 18.4 Å². The average Bonchev–Trinajstić information content (AvgIpc) is 3.15. The predicted molar refractivity (Wildman–Crippen MR) is 90.4 cm³/mol. The summed E-state index contributed by atoms with van der Waals surface area (Å²) < 4.78 is 6.40. The lowest BCUT2D eigenvalue weighted by atomic mass is 10.1. The number of aliphatic imine (C=N–C) groups is 1. The monoisotopic (exact) mass is 328 g/mol. The van der Waals surface area contributed by atoms with E-state index < -0.39 is 0 Å². The summed E-state index contributed by atoms with van der Waals surface area (Å²) >= 11 is 3.53. The Morgan fingerprint density at radius 3 is 3.29 bits per heavy atom. The van der Waals surface area contributed by atoms with Crippen LogP contribution in [0.15, 0.2) is 20.9 Å². The standard InChI is InChI=1S/C14H24N4OS2/c1-15-13(18-7-4-12(10-18)11-19-2)16-5-3-8-20-14-17-6-9-21-14/h6,9,12H,3-5,7-8,10-11H2,1-2H3,(H,15,16). The van der Waals surface area contributed by atoms with Gasteiger partial charge in [0, 0.05) is 57.0 Å². The van der Waals surface area contributed by atoms with Gasteiger partial charge in [0.2, 0.25) is 0 Å². The van der Waals surface area contributed by atoms with Gasteiger partial charge in [-0.05, 0) is 12.8 Å². The summed E-state index contributed by atoms with van der Waals surface area (Å²) in [7, 11) is 3.63. The van der Waals surface area contributed by atoms with Gasteiger partial charge in [-0.2, -0.15) is 0 Å². The highest BCUT2D eigenvalue weighted by Gasteiger charge is 2.24. The molecule has 0 aliphatic carbocycles. The third kappa shape index (κ3) is 5.48. The minimum Gasteiger partial charge on any atom is -0.384 e. The highest BCUT2D eigenvalue weighted by atomic mass is 32.2. The van der Waals surface area contributed by atoms with Gasteiger partial charge in [0.05, 0.1) is 6.61 Å². The SMILES string of the molecule is CN=C(NCCCSc1nccs1)N1CCC(COC)C1. The van der Waals surface area contributed by atoms with E-state index in [1.807, 2.05) is 30.4 Å². The largest absolute Gasteiger partial charge is 0.384 e. The number of nitrogens with zero attached hydrogens (tertiary/aromatic N) is 3. The van der Waals surface area contributed by atoms with Crippen molar-refractivity contribution in [2.45, 2.75) is 17.2 Å². The average molecular weight is 329 g/mol. The summed E-state index contributed by atoms with van der Waals surface area (Å²) in [5, 5.41) is 5.48. The number of hydrogen-bond acceptors (Lipinski definition) is 5. The molecule has 1 aromatic heterocycles. The molecule has 0 spiro atoms. The molecule has 2 heterocycles. The summed E-state index contributed by atoms with van der Waals surface area (Å²) in [4.78, 5) is 11.0. The van der Waals surface area contributed by atoms with E-state index >= 15 is 0 Å². The lowest BCUT2D eigenvalue weighted by molar-refractivity contribution is 0.157. The van der Waals surface area contributed by atoms with Crippen molar-refractivity contribution in [1.82, 2.24) is 15.2 Å². The van der Waals surface area contributed by atoms with Crippen molar-refractivity contribution in [3.05, 3.63) is 11.6 Å². The zero-order chi connectivity index (χ0) is 14.9. The minimum atomic E-state index is 0.633. The van der Waals surface area contributed by atoms with Crippen molar-refractivity contribution < 1.29 is 4.74 Å². The maximum atomic E-state index is 5.24. The van der Waals surface area contributed by atoms with Crippen LogP contribution in [0.25, 0.3) is 0 Å². The molecule has 0 amide bonds. The summed E-state index contributed by atoms with van der Waals surface area (Å²) in [6.45, 7) is 3.91. The van der Waals surface area contributed by atoms with Crippen LogP contribution in [0.3, 0.4) is 0 Å². The van der Waals surface area contributed by atoms with Crippen LogP contribution in [-0.2, 0) is 4.74 Å². The number of methoxy groups -OCH3 is 1. The molecular formula is C14H24N4OS2. The number of aromatic nitrogens is 1. The topological polar surface area (TPSA) is 49.8 Å². The molecule has 118 valence electrons. The first-order chi connectivity index (χ1) is 10.3. The Bertz CT molecular complexity index is 425. The summed E-state index contributed by atoms with van der Waals surface area (Å²) in [6.07, 6.45) is 4.16. The van der Waals surface area contributed by atoms with Crippen molar-refractivity contribution >= 4 is 29.1 Å². The molecule has 1 fully saturated rings. The van der Waals surface area contributed by atoms with Gasteiger partial charge < -0.3 is 15.0 Å². The molecule has 5 nitrogen and oxygen atoms in total. The van der Waals surface area contributed by atoms with Crippen LogP contribution in [0.4, 0.5) is 0 Å². The quantitative estimate of drug-likeness (QED) is 0.360. The second-order valence-electron chi connectivity index (χ2n) is 5.03. The Hall–Kier alpha value is -0.790. The Morgan fingerprint density at radius 1 is 1.67 bits per heavy atom. The number of likely N-dealkylation sites (tertiary alicyclic amines) is 1. The molecular weight excluding hydrogens is 304 g/mol. The third-order valence-electron chi connectivity index (χ3n) is 3.44. The Balaban J connectivity index is 1.62. The predicted octanol–water partition coefficient (Wildman–Crippen LogP) is 2.17. The van der Waals surface area contributed by atoms with Crippen LogP contribution in [0, 0.1) is 5.92 Å². The third-order valence-corrected chi connectivity index (χ3v) is 5.49. The molecule has 0 saturated carbocycles. The van der Waals surface area contributed by atoms with Crippen molar-refractivity contribution in [3.63, 3.8) is 0 Å². The van der Waals surface area contributed by atoms with Crippen LogP contribution in [0.2, 0.25) is 0 Å². The molecule has 21 heavy (non-hydrogen) atoms. The van der Waals surface area contributed by atoms with Gasteiger partial charge in [0.15, 0.2) is 5.96 Å². The van der Waals surface area contributed by atoms with Crippen molar-refractivity contribution in [2.24, 2.45) is 10.9 Å². The molecule has 1 aliphatic heterocycles. The number of guanidine groups is 1. The molecule has 1 N–H and O–H groups in total. The van der Waals surface area contributed by atoms with Crippen LogP contribution < -0.4 is 5.32 Å². The lowest BCUT2D eigenvalue weighted by Gasteiger charge is -2.21. The van der Waals surface area contributed by atoms with Gasteiger partial charge in [-0.1, -0.05) is 11.8 Å². The molecule has 1 saturated heterocycles. The Kier molecular flexibility index (Phi) is 7.32. The smallest absolute Gasteiger partial charge is 0.193 e. The molecule has 1 unspecified atom stereocenters. The number of hydrogen-bond donors (Lipinski definition) is 1. The fourth-order valence-electron chi connectivity index (χ4n) is 2.44. The van der Waals surface area contributed by atoms with Crippen molar-refractivity contribution in [3.8, 4) is 0 Å². The molecule has 1 atom stereocenters. The molecule has 1 aliphatic rings. The number of nitrogens with one attached hydrogen (secondary N) is 1. The van der Waals surface area contributed by atoms with Gasteiger partial charge in [0.1, 0.15) is 4.34 Å². The van der Waals surface area contributed by atoms with E-state index in [0.29, 0.717) is 5.92 Å². The first-order valence-electron chi connectivity index (χ1n) is 7.30. The first-order valence-corrected chi connectivity index (χ1v) is 9.17. The molecule has 0 aromatic carbocycles.